The summed E-state index contributed by atoms with van der Waals surface area (Å²) in [7, 11) is -9.66. The van der Waals surface area contributed by atoms with E-state index in [2.05, 4.69) is 0 Å². The zero-order valence-electron chi connectivity index (χ0n) is 11.1. The van der Waals surface area contributed by atoms with Gasteiger partial charge in [0.25, 0.3) is 10.1 Å². The predicted octanol–water partition coefficient (Wildman–Crippen LogP) is -5.93. The normalized spacial score (nSPS) is 11.5. The molecule has 21 heavy (non-hydrogen) atoms. The molecule has 11 heteroatoms. The molecule has 0 amide bonds. The second-order valence-electron chi connectivity index (χ2n) is 3.67. The van der Waals surface area contributed by atoms with E-state index in [9.17, 15) is 26.5 Å². The topological polar surface area (TPSA) is 135 Å². The molecule has 2 aromatic carbocycles. The van der Waals surface area contributed by atoms with Gasteiger partial charge in [-0.05, 0) is 6.07 Å². The van der Waals surface area contributed by atoms with Gasteiger partial charge in [-0.25, -0.2) is 8.42 Å². The molecule has 0 atom stereocenters. The molecule has 0 aliphatic rings. The van der Waals surface area contributed by atoms with E-state index in [0.29, 0.717) is 0 Å². The van der Waals surface area contributed by atoms with Gasteiger partial charge in [0.2, 0.25) is 0 Å². The first-order valence-corrected chi connectivity index (χ1v) is 7.63. The van der Waals surface area contributed by atoms with E-state index < -0.39 is 35.8 Å². The van der Waals surface area contributed by atoms with E-state index in [0.717, 1.165) is 30.3 Å². The van der Waals surface area contributed by atoms with E-state index in [-0.39, 0.29) is 114 Å². The van der Waals surface area contributed by atoms with Gasteiger partial charge in [-0.15, -0.1) is 0 Å². The van der Waals surface area contributed by atoms with E-state index in [1.807, 2.05) is 0 Å². The van der Waals surface area contributed by atoms with Crippen molar-refractivity contribution in [3.05, 3.63) is 30.3 Å². The van der Waals surface area contributed by atoms with Crippen molar-refractivity contribution < 1.29 is 134 Å². The van der Waals surface area contributed by atoms with E-state index in [4.69, 9.17) is 4.55 Å². The smallest absolute Gasteiger partial charge is 0.872 e. The van der Waals surface area contributed by atoms with E-state index >= 15 is 0 Å². The summed E-state index contributed by atoms with van der Waals surface area (Å²) in [5.41, 5.74) is 0. The van der Waals surface area contributed by atoms with Gasteiger partial charge in [-0.2, -0.15) is 8.42 Å². The van der Waals surface area contributed by atoms with Gasteiger partial charge in [0.1, 0.15) is 10.1 Å². The van der Waals surface area contributed by atoms with Gasteiger partial charge in [-0.3, -0.25) is 4.55 Å². The largest absolute Gasteiger partial charge is 1.00 e. The van der Waals surface area contributed by atoms with Crippen LogP contribution >= 0.6 is 0 Å². The van der Waals surface area contributed by atoms with Crippen LogP contribution in [0.5, 0.6) is 5.75 Å². The van der Waals surface area contributed by atoms with E-state index in [1.54, 1.807) is 0 Å². The summed E-state index contributed by atoms with van der Waals surface area (Å²) in [5, 5.41) is 10.9. The van der Waals surface area contributed by atoms with Crippen molar-refractivity contribution in [3.63, 3.8) is 0 Å². The average molecular weight is 380 g/mol. The van der Waals surface area contributed by atoms with Crippen molar-refractivity contribution in [2.75, 3.05) is 0 Å². The van der Waals surface area contributed by atoms with Crippen molar-refractivity contribution in [3.8, 4) is 5.75 Å². The standard InChI is InChI=1S/C10H8O7S2.2K/c11-8-5-4-6-7(10(8)19(15,16)17)2-1-3-9(6)18(12,13)14;;/h1-5,11H,(H,12,13,14)(H,15,16,17);;/q;2*+1/p-2. The summed E-state index contributed by atoms with van der Waals surface area (Å²) in [6.45, 7) is 0. The van der Waals surface area contributed by atoms with Crippen molar-refractivity contribution in [2.24, 2.45) is 0 Å². The Kier molecular flexibility index (Phi) is 8.73. The molecule has 102 valence electrons. The Labute approximate surface area is 206 Å². The zero-order chi connectivity index (χ0) is 14.4. The number of benzene rings is 2. The quantitative estimate of drug-likeness (QED) is 0.405. The van der Waals surface area contributed by atoms with Crippen LogP contribution in [-0.2, 0) is 20.2 Å². The van der Waals surface area contributed by atoms with Crippen LogP contribution in [0.1, 0.15) is 0 Å². The van der Waals surface area contributed by atoms with Crippen molar-refractivity contribution >= 4 is 31.0 Å². The second-order valence-corrected chi connectivity index (χ2v) is 6.38. The molecule has 0 aromatic heterocycles. The van der Waals surface area contributed by atoms with Crippen LogP contribution in [0.15, 0.2) is 40.1 Å². The Morgan fingerprint density at radius 2 is 1.48 bits per heavy atom. The molecule has 7 nitrogen and oxygen atoms in total. The van der Waals surface area contributed by atoms with Crippen LogP contribution in [-0.4, -0.2) is 25.9 Å². The fraction of sp³-hybridized carbons (Fsp3) is 0. The minimum absolute atomic E-state index is 0. The first-order valence-electron chi connectivity index (χ1n) is 4.78. The summed E-state index contributed by atoms with van der Waals surface area (Å²) >= 11 is 0. The molecule has 0 heterocycles. The maximum atomic E-state index is 11.5. The molecule has 0 bridgehead atoms. The van der Waals surface area contributed by atoms with Crippen LogP contribution in [0.4, 0.5) is 0 Å². The third-order valence-electron chi connectivity index (χ3n) is 2.46. The maximum absolute atomic E-state index is 11.5. The van der Waals surface area contributed by atoms with Crippen molar-refractivity contribution in [1.29, 1.82) is 0 Å². The Balaban J connectivity index is 0.00000200. The van der Waals surface area contributed by atoms with Gasteiger partial charge in [0.15, 0.2) is 0 Å². The summed E-state index contributed by atoms with van der Waals surface area (Å²) in [6.07, 6.45) is 0. The van der Waals surface area contributed by atoms with Crippen LogP contribution < -0.4 is 108 Å². The second kappa shape index (κ2) is 8.11. The average Bonchev–Trinajstić information content (AvgIpc) is 2.24. The number of rotatable bonds is 2. The number of fused-ring (bicyclic) bond motifs is 1. The molecule has 0 unspecified atom stereocenters. The molecule has 0 spiro atoms. The Morgan fingerprint density at radius 3 is 1.95 bits per heavy atom. The zero-order valence-corrected chi connectivity index (χ0v) is 19.0. The van der Waals surface area contributed by atoms with Gasteiger partial charge in [0.05, 0.1) is 9.79 Å². The SMILES string of the molecule is O=S(=O)([O-])c1cccc2c(S(=O)(=O)O)c([O-])ccc12.[K+].[K+]. The molecule has 0 saturated heterocycles. The summed E-state index contributed by atoms with van der Waals surface area (Å²) in [6, 6.07) is 5.04. The molecule has 0 aliphatic carbocycles. The molecule has 2 aromatic rings. The summed E-state index contributed by atoms with van der Waals surface area (Å²) in [5.74, 6) is -0.990. The fourth-order valence-electron chi connectivity index (χ4n) is 1.77. The van der Waals surface area contributed by atoms with Crippen molar-refractivity contribution in [1.82, 2.24) is 0 Å². The Bertz CT molecular complexity index is 876. The van der Waals surface area contributed by atoms with E-state index in [1.165, 1.54) is 0 Å². The van der Waals surface area contributed by atoms with Crippen LogP contribution in [0.3, 0.4) is 0 Å². The monoisotopic (exact) mass is 380 g/mol. The third kappa shape index (κ3) is 5.03. The van der Waals surface area contributed by atoms with Gasteiger partial charge >= 0.3 is 103 Å². The minimum atomic E-state index is -4.83. The Morgan fingerprint density at radius 1 is 0.905 bits per heavy atom. The molecule has 0 fully saturated rings. The van der Waals surface area contributed by atoms with Crippen LogP contribution in [0, 0.1) is 0 Å². The van der Waals surface area contributed by atoms with Gasteiger partial charge in [0, 0.05) is 10.8 Å². The predicted molar refractivity (Wildman–Crippen MR) is 61.2 cm³/mol. The van der Waals surface area contributed by atoms with Crippen LogP contribution in [0.2, 0.25) is 0 Å². The maximum Gasteiger partial charge on any atom is 1.00 e. The Hall–Kier alpha value is 1.59. The number of hydrogen-bond acceptors (Lipinski definition) is 6. The first kappa shape index (κ1) is 22.6. The summed E-state index contributed by atoms with van der Waals surface area (Å²) < 4.78 is 64.5. The van der Waals surface area contributed by atoms with Gasteiger partial charge in [-0.1, -0.05) is 30.0 Å². The van der Waals surface area contributed by atoms with Crippen molar-refractivity contribution in [2.45, 2.75) is 9.79 Å². The summed E-state index contributed by atoms with van der Waals surface area (Å²) in [4.78, 5) is -1.61. The molecule has 2 rings (SSSR count). The van der Waals surface area contributed by atoms with Crippen LogP contribution in [0.25, 0.3) is 10.8 Å². The first-order chi connectivity index (χ1) is 8.62. The molecule has 1 N–H and O–H groups in total. The molecule has 0 saturated carbocycles. The molecule has 0 radical (unpaired) electrons. The molecule has 0 aliphatic heterocycles. The van der Waals surface area contributed by atoms with Gasteiger partial charge < -0.3 is 9.66 Å². The number of hydrogen-bond donors (Lipinski definition) is 1. The minimum Gasteiger partial charge on any atom is -0.872 e. The molecular weight excluding hydrogens is 374 g/mol. The molecular formula is C10H6K2O7S2. The fourth-order valence-corrected chi connectivity index (χ4v) is 3.24. The third-order valence-corrected chi connectivity index (χ3v) is 4.29.